The molecule has 1 fully saturated rings. The predicted molar refractivity (Wildman–Crippen MR) is 86.2 cm³/mol. The van der Waals surface area contributed by atoms with Gasteiger partial charge in [0.15, 0.2) is 0 Å². The van der Waals surface area contributed by atoms with Gasteiger partial charge in [-0.1, -0.05) is 42.5 Å². The average molecular weight is 332 g/mol. The molecule has 0 radical (unpaired) electrons. The van der Waals surface area contributed by atoms with Crippen molar-refractivity contribution in [2.75, 3.05) is 11.9 Å². The van der Waals surface area contributed by atoms with Crippen molar-refractivity contribution in [3.63, 3.8) is 0 Å². The molecule has 1 atom stereocenters. The Morgan fingerprint density at radius 2 is 1.90 bits per heavy atom. The molecule has 0 amide bonds. The smallest absolute Gasteiger partial charge is 0.293 e. The highest BCUT2D eigenvalue weighted by atomic mass is 35.5. The molecule has 1 aliphatic carbocycles. The van der Waals surface area contributed by atoms with Crippen LogP contribution >= 0.6 is 23.2 Å². The van der Waals surface area contributed by atoms with Gasteiger partial charge in [-0.25, -0.2) is 0 Å². The topological polar surface area (TPSA) is 81.2 Å². The number of hydrogen-bond acceptors (Lipinski definition) is 4. The molecule has 0 aliphatic heterocycles. The van der Waals surface area contributed by atoms with Crippen LogP contribution in [0.25, 0.3) is 0 Å². The van der Waals surface area contributed by atoms with Gasteiger partial charge in [-0.2, -0.15) is 0 Å². The molecule has 1 unspecified atom stereocenters. The average Bonchev–Trinajstić information content (AvgIpc) is 2.48. The zero-order valence-corrected chi connectivity index (χ0v) is 13.2. The second-order valence-electron chi connectivity index (χ2n) is 5.43. The van der Waals surface area contributed by atoms with Crippen molar-refractivity contribution < 1.29 is 4.92 Å². The fraction of sp³-hybridized carbons (Fsp3) is 0.571. The van der Waals surface area contributed by atoms with Crippen LogP contribution in [0, 0.1) is 16.0 Å². The molecule has 2 rings (SSSR count). The van der Waals surface area contributed by atoms with Crippen molar-refractivity contribution in [3.05, 3.63) is 32.3 Å². The van der Waals surface area contributed by atoms with E-state index in [9.17, 15) is 10.1 Å². The van der Waals surface area contributed by atoms with Gasteiger partial charge in [0.1, 0.15) is 5.69 Å². The van der Waals surface area contributed by atoms with Crippen molar-refractivity contribution in [3.8, 4) is 0 Å². The van der Waals surface area contributed by atoms with E-state index in [0.29, 0.717) is 23.2 Å². The van der Waals surface area contributed by atoms with Gasteiger partial charge in [0.05, 0.1) is 15.0 Å². The Hall–Kier alpha value is -1.04. The minimum atomic E-state index is -0.459. The summed E-state index contributed by atoms with van der Waals surface area (Å²) in [5.41, 5.74) is 6.17. The lowest BCUT2D eigenvalue weighted by Crippen LogP contribution is -2.37. The Bertz CT molecular complexity index is 519. The largest absolute Gasteiger partial charge is 0.375 e. The van der Waals surface area contributed by atoms with E-state index in [2.05, 4.69) is 5.32 Å². The van der Waals surface area contributed by atoms with Gasteiger partial charge >= 0.3 is 0 Å². The molecule has 0 spiro atoms. The molecule has 116 valence electrons. The quantitative estimate of drug-likeness (QED) is 0.625. The lowest BCUT2D eigenvalue weighted by molar-refractivity contribution is -0.384. The van der Waals surface area contributed by atoms with Crippen LogP contribution in [0.3, 0.4) is 0 Å². The van der Waals surface area contributed by atoms with Crippen molar-refractivity contribution >= 4 is 34.6 Å². The van der Waals surface area contributed by atoms with Crippen LogP contribution in [-0.2, 0) is 0 Å². The van der Waals surface area contributed by atoms with Gasteiger partial charge in [-0.15, -0.1) is 0 Å². The second-order valence-corrected chi connectivity index (χ2v) is 6.24. The van der Waals surface area contributed by atoms with Gasteiger partial charge in [-0.3, -0.25) is 10.1 Å². The monoisotopic (exact) mass is 331 g/mol. The Morgan fingerprint density at radius 1 is 1.29 bits per heavy atom. The first kappa shape index (κ1) is 16.3. The molecule has 7 heteroatoms. The third kappa shape index (κ3) is 3.99. The van der Waals surface area contributed by atoms with Gasteiger partial charge in [0, 0.05) is 18.7 Å². The molecule has 0 saturated heterocycles. The van der Waals surface area contributed by atoms with E-state index in [0.717, 1.165) is 12.8 Å². The molecule has 1 aromatic carbocycles. The van der Waals surface area contributed by atoms with Gasteiger partial charge in [0.25, 0.3) is 5.69 Å². The normalized spacial score (nSPS) is 17.5. The van der Waals surface area contributed by atoms with Crippen LogP contribution in [0.5, 0.6) is 0 Å². The summed E-state index contributed by atoms with van der Waals surface area (Å²) in [5, 5.41) is 14.8. The number of benzene rings is 1. The highest BCUT2D eigenvalue weighted by Gasteiger charge is 2.25. The molecule has 21 heavy (non-hydrogen) atoms. The fourth-order valence-electron chi connectivity index (χ4n) is 2.91. The number of nitro groups is 1. The maximum atomic E-state index is 11.2. The minimum Gasteiger partial charge on any atom is -0.375 e. The third-order valence-corrected chi connectivity index (χ3v) is 4.77. The molecule has 1 saturated carbocycles. The first-order valence-electron chi connectivity index (χ1n) is 7.13. The molecule has 0 aromatic heterocycles. The van der Waals surface area contributed by atoms with E-state index >= 15 is 0 Å². The van der Waals surface area contributed by atoms with Gasteiger partial charge in [-0.05, 0) is 24.8 Å². The molecule has 1 aromatic rings. The first-order chi connectivity index (χ1) is 10.0. The third-order valence-electron chi connectivity index (χ3n) is 4.05. The number of hydrogen-bond donors (Lipinski definition) is 2. The lowest BCUT2D eigenvalue weighted by Gasteiger charge is -2.30. The van der Waals surface area contributed by atoms with Crippen LogP contribution in [0.1, 0.15) is 32.1 Å². The molecule has 0 bridgehead atoms. The highest BCUT2D eigenvalue weighted by molar-refractivity contribution is 6.42. The molecular weight excluding hydrogens is 313 g/mol. The summed E-state index contributed by atoms with van der Waals surface area (Å²) in [7, 11) is 0. The van der Waals surface area contributed by atoms with Crippen molar-refractivity contribution in [2.24, 2.45) is 11.7 Å². The van der Waals surface area contributed by atoms with Crippen molar-refractivity contribution in [2.45, 2.75) is 38.1 Å². The van der Waals surface area contributed by atoms with E-state index < -0.39 is 4.92 Å². The van der Waals surface area contributed by atoms with Crippen LogP contribution < -0.4 is 11.1 Å². The molecule has 5 nitrogen and oxygen atoms in total. The summed E-state index contributed by atoms with van der Waals surface area (Å²) < 4.78 is 0. The number of anilines is 1. The van der Waals surface area contributed by atoms with Crippen molar-refractivity contribution in [1.82, 2.24) is 0 Å². The van der Waals surface area contributed by atoms with Gasteiger partial charge in [0.2, 0.25) is 0 Å². The summed E-state index contributed by atoms with van der Waals surface area (Å²) in [6.07, 6.45) is 5.83. The summed E-state index contributed by atoms with van der Waals surface area (Å²) in [5.74, 6) is 0.442. The summed E-state index contributed by atoms with van der Waals surface area (Å²) >= 11 is 11.8. The Labute approximate surface area is 133 Å². The number of nitrogens with one attached hydrogen (secondary N) is 1. The highest BCUT2D eigenvalue weighted by Crippen LogP contribution is 2.36. The number of nitro benzene ring substituents is 1. The van der Waals surface area contributed by atoms with Crippen LogP contribution in [-0.4, -0.2) is 17.5 Å². The fourth-order valence-corrected chi connectivity index (χ4v) is 3.23. The maximum Gasteiger partial charge on any atom is 0.293 e. The number of nitrogens with zero attached hydrogens (tertiary/aromatic N) is 1. The lowest BCUT2D eigenvalue weighted by atomic mass is 9.84. The zero-order valence-electron chi connectivity index (χ0n) is 11.6. The van der Waals surface area contributed by atoms with E-state index in [1.807, 2.05) is 0 Å². The van der Waals surface area contributed by atoms with Gasteiger partial charge < -0.3 is 11.1 Å². The Morgan fingerprint density at radius 3 is 2.48 bits per heavy atom. The van der Waals surface area contributed by atoms with Crippen molar-refractivity contribution in [1.29, 1.82) is 0 Å². The molecule has 3 N–H and O–H groups in total. The molecule has 1 aliphatic rings. The summed E-state index contributed by atoms with van der Waals surface area (Å²) in [6, 6.07) is 2.80. The number of halogens is 2. The van der Waals surface area contributed by atoms with E-state index in [1.165, 1.54) is 31.4 Å². The van der Waals surface area contributed by atoms with Crippen LogP contribution in [0.4, 0.5) is 11.4 Å². The zero-order chi connectivity index (χ0) is 15.4. The standard InChI is InChI=1S/C14H19Cl2N3O2/c15-10-6-12(14(19(20)21)7-11(10)16)18-13(8-17)9-4-2-1-3-5-9/h6-7,9,13,18H,1-5,8,17H2. The number of nitrogens with two attached hydrogens (primary N) is 1. The second kappa shape index (κ2) is 7.29. The van der Waals surface area contributed by atoms with E-state index in [-0.39, 0.29) is 16.8 Å². The summed E-state index contributed by atoms with van der Waals surface area (Å²) in [4.78, 5) is 10.7. The predicted octanol–water partition coefficient (Wildman–Crippen LogP) is 4.22. The summed E-state index contributed by atoms with van der Waals surface area (Å²) in [6.45, 7) is 0.433. The molecular formula is C14H19Cl2N3O2. The van der Waals surface area contributed by atoms with E-state index in [1.54, 1.807) is 0 Å². The Balaban J connectivity index is 2.23. The number of rotatable bonds is 5. The Kier molecular flexibility index (Phi) is 5.67. The van der Waals surface area contributed by atoms with E-state index in [4.69, 9.17) is 28.9 Å². The maximum absolute atomic E-state index is 11.2. The first-order valence-corrected chi connectivity index (χ1v) is 7.88. The van der Waals surface area contributed by atoms with Crippen LogP contribution in [0.2, 0.25) is 10.0 Å². The molecule has 0 heterocycles. The van der Waals surface area contributed by atoms with Crippen LogP contribution in [0.15, 0.2) is 12.1 Å². The SMILES string of the molecule is NCC(Nc1cc(Cl)c(Cl)cc1[N+](=O)[O-])C1CCCCC1. The minimum absolute atomic E-state index is 0.0150.